The van der Waals surface area contributed by atoms with Crippen LogP contribution in [0, 0.1) is 10.1 Å². The lowest BCUT2D eigenvalue weighted by molar-refractivity contribution is -0.384. The number of ether oxygens (including phenoxy) is 2. The summed E-state index contributed by atoms with van der Waals surface area (Å²) in [6.07, 6.45) is 0. The van der Waals surface area contributed by atoms with Crippen LogP contribution in [0.3, 0.4) is 0 Å². The summed E-state index contributed by atoms with van der Waals surface area (Å²) in [5.41, 5.74) is 0.948. The SMILES string of the molecule is O=C(COCc1ccccc1)COC(=O)c1ccc([N+](=O)[O-])cc1. The summed E-state index contributed by atoms with van der Waals surface area (Å²) < 4.78 is 10.1. The zero-order chi connectivity index (χ0) is 17.4. The van der Waals surface area contributed by atoms with Crippen molar-refractivity contribution in [3.8, 4) is 0 Å². The minimum absolute atomic E-state index is 0.128. The number of nitro benzene ring substituents is 1. The number of hydrogen-bond donors (Lipinski definition) is 0. The van der Waals surface area contributed by atoms with Gasteiger partial charge in [0.05, 0.1) is 17.1 Å². The highest BCUT2D eigenvalue weighted by molar-refractivity contribution is 5.92. The van der Waals surface area contributed by atoms with Crippen LogP contribution >= 0.6 is 0 Å². The number of nitrogens with zero attached hydrogens (tertiary/aromatic N) is 1. The van der Waals surface area contributed by atoms with E-state index in [0.29, 0.717) is 6.61 Å². The van der Waals surface area contributed by atoms with Crippen LogP contribution in [0.5, 0.6) is 0 Å². The maximum absolute atomic E-state index is 11.7. The van der Waals surface area contributed by atoms with Crippen LogP contribution in [0.15, 0.2) is 54.6 Å². The molecule has 7 nitrogen and oxygen atoms in total. The van der Waals surface area contributed by atoms with Gasteiger partial charge in [0.2, 0.25) is 0 Å². The number of carbonyl (C=O) groups is 2. The number of hydrogen-bond acceptors (Lipinski definition) is 6. The van der Waals surface area contributed by atoms with Crippen molar-refractivity contribution in [3.05, 3.63) is 75.8 Å². The Morgan fingerprint density at radius 3 is 2.25 bits per heavy atom. The molecule has 0 N–H and O–H groups in total. The zero-order valence-electron chi connectivity index (χ0n) is 12.7. The lowest BCUT2D eigenvalue weighted by Gasteiger charge is -2.05. The molecule has 0 aromatic heterocycles. The van der Waals surface area contributed by atoms with Crippen molar-refractivity contribution in [2.24, 2.45) is 0 Å². The first-order valence-corrected chi connectivity index (χ1v) is 7.11. The molecule has 0 aliphatic rings. The van der Waals surface area contributed by atoms with Crippen LogP contribution in [0.2, 0.25) is 0 Å². The van der Waals surface area contributed by atoms with Gasteiger partial charge in [0.15, 0.2) is 12.4 Å². The van der Waals surface area contributed by atoms with E-state index in [4.69, 9.17) is 9.47 Å². The number of carbonyl (C=O) groups excluding carboxylic acids is 2. The Labute approximate surface area is 138 Å². The first-order valence-electron chi connectivity index (χ1n) is 7.11. The molecule has 7 heteroatoms. The van der Waals surface area contributed by atoms with Gasteiger partial charge in [-0.15, -0.1) is 0 Å². The predicted octanol–water partition coefficient (Wildman–Crippen LogP) is 2.54. The molecule has 0 amide bonds. The van der Waals surface area contributed by atoms with Crippen LogP contribution in [0.25, 0.3) is 0 Å². The third-order valence-corrected chi connectivity index (χ3v) is 3.05. The molecule has 0 saturated heterocycles. The molecule has 0 heterocycles. The van der Waals surface area contributed by atoms with E-state index in [1.54, 1.807) is 0 Å². The summed E-state index contributed by atoms with van der Waals surface area (Å²) in [6.45, 7) is -0.282. The van der Waals surface area contributed by atoms with Gasteiger partial charge in [-0.25, -0.2) is 4.79 Å². The minimum atomic E-state index is -0.721. The largest absolute Gasteiger partial charge is 0.454 e. The highest BCUT2D eigenvalue weighted by Crippen LogP contribution is 2.12. The number of nitro groups is 1. The second kappa shape index (κ2) is 8.54. The summed E-state index contributed by atoms with van der Waals surface area (Å²) in [5.74, 6) is -1.09. The van der Waals surface area contributed by atoms with Gasteiger partial charge in [0.1, 0.15) is 6.61 Å². The van der Waals surface area contributed by atoms with Crippen molar-refractivity contribution in [1.29, 1.82) is 0 Å². The smallest absolute Gasteiger partial charge is 0.338 e. The van der Waals surface area contributed by atoms with Gasteiger partial charge in [0, 0.05) is 12.1 Å². The van der Waals surface area contributed by atoms with Crippen LogP contribution < -0.4 is 0 Å². The normalized spacial score (nSPS) is 10.2. The van der Waals surface area contributed by atoms with Gasteiger partial charge in [-0.3, -0.25) is 14.9 Å². The van der Waals surface area contributed by atoms with Crippen molar-refractivity contribution in [1.82, 2.24) is 0 Å². The summed E-state index contributed by atoms with van der Waals surface area (Å²) in [6, 6.07) is 14.3. The van der Waals surface area contributed by atoms with Gasteiger partial charge in [-0.1, -0.05) is 30.3 Å². The molecule has 124 valence electrons. The Kier molecular flexibility index (Phi) is 6.16. The quantitative estimate of drug-likeness (QED) is 0.419. The zero-order valence-corrected chi connectivity index (χ0v) is 12.7. The van der Waals surface area contributed by atoms with E-state index in [9.17, 15) is 19.7 Å². The Bertz CT molecular complexity index is 712. The monoisotopic (exact) mass is 329 g/mol. The lowest BCUT2D eigenvalue weighted by Crippen LogP contribution is -2.18. The van der Waals surface area contributed by atoms with Crippen LogP contribution in [0.4, 0.5) is 5.69 Å². The number of esters is 1. The number of benzene rings is 2. The first-order chi connectivity index (χ1) is 11.6. The van der Waals surface area contributed by atoms with Gasteiger partial charge < -0.3 is 9.47 Å². The fourth-order valence-electron chi connectivity index (χ4n) is 1.85. The van der Waals surface area contributed by atoms with Crippen molar-refractivity contribution in [2.45, 2.75) is 6.61 Å². The second-order valence-corrected chi connectivity index (χ2v) is 4.90. The van der Waals surface area contributed by atoms with E-state index < -0.39 is 17.5 Å². The topological polar surface area (TPSA) is 95.7 Å². The Morgan fingerprint density at radius 2 is 1.62 bits per heavy atom. The Balaban J connectivity index is 1.72. The number of non-ortho nitro benzene ring substituents is 1. The van der Waals surface area contributed by atoms with Crippen molar-refractivity contribution >= 4 is 17.4 Å². The molecule has 0 aliphatic carbocycles. The summed E-state index contributed by atoms with van der Waals surface area (Å²) in [4.78, 5) is 33.3. The summed E-state index contributed by atoms with van der Waals surface area (Å²) >= 11 is 0. The molecule has 0 bridgehead atoms. The third kappa shape index (κ3) is 5.29. The maximum Gasteiger partial charge on any atom is 0.338 e. The third-order valence-electron chi connectivity index (χ3n) is 3.05. The minimum Gasteiger partial charge on any atom is -0.454 e. The molecule has 2 aromatic rings. The summed E-state index contributed by atoms with van der Waals surface area (Å²) in [5, 5.41) is 10.5. The van der Waals surface area contributed by atoms with Crippen molar-refractivity contribution < 1.29 is 24.0 Å². The van der Waals surface area contributed by atoms with E-state index in [-0.39, 0.29) is 23.6 Å². The number of Topliss-reactive ketones (excluding diaryl/α,β-unsaturated/α-hetero) is 1. The molecule has 2 rings (SSSR count). The van der Waals surface area contributed by atoms with E-state index in [2.05, 4.69) is 0 Å². The molecule has 0 unspecified atom stereocenters. The van der Waals surface area contributed by atoms with Crippen molar-refractivity contribution in [3.63, 3.8) is 0 Å². The van der Waals surface area contributed by atoms with E-state index in [0.717, 1.165) is 5.56 Å². The number of ketones is 1. The van der Waals surface area contributed by atoms with Gasteiger partial charge in [0.25, 0.3) is 5.69 Å². The van der Waals surface area contributed by atoms with Crippen LogP contribution in [-0.2, 0) is 20.9 Å². The fourth-order valence-corrected chi connectivity index (χ4v) is 1.85. The lowest BCUT2D eigenvalue weighted by atomic mass is 10.2. The van der Waals surface area contributed by atoms with E-state index in [1.165, 1.54) is 24.3 Å². The molecule has 0 atom stereocenters. The highest BCUT2D eigenvalue weighted by atomic mass is 16.6. The van der Waals surface area contributed by atoms with Gasteiger partial charge in [-0.05, 0) is 17.7 Å². The molecule has 2 aromatic carbocycles. The predicted molar refractivity (Wildman–Crippen MR) is 84.5 cm³/mol. The Morgan fingerprint density at radius 1 is 0.958 bits per heavy atom. The van der Waals surface area contributed by atoms with Crippen LogP contribution in [0.1, 0.15) is 15.9 Å². The molecule has 0 fully saturated rings. The molecule has 0 saturated carbocycles. The number of rotatable bonds is 8. The summed E-state index contributed by atoms with van der Waals surface area (Å²) in [7, 11) is 0. The first kappa shape index (κ1) is 17.3. The molecule has 0 aliphatic heterocycles. The molecular formula is C17H15NO6. The van der Waals surface area contributed by atoms with Crippen molar-refractivity contribution in [2.75, 3.05) is 13.2 Å². The van der Waals surface area contributed by atoms with E-state index in [1.807, 2.05) is 30.3 Å². The molecule has 0 spiro atoms. The average molecular weight is 329 g/mol. The maximum atomic E-state index is 11.7. The Hall–Kier alpha value is -3.06. The highest BCUT2D eigenvalue weighted by Gasteiger charge is 2.12. The average Bonchev–Trinajstić information content (AvgIpc) is 2.60. The molecular weight excluding hydrogens is 314 g/mol. The standard InChI is InChI=1S/C17H15NO6/c19-16(11-23-10-13-4-2-1-3-5-13)12-24-17(20)14-6-8-15(9-7-14)18(21)22/h1-9H,10-12H2. The fraction of sp³-hybridized carbons (Fsp3) is 0.176. The van der Waals surface area contributed by atoms with Gasteiger partial charge >= 0.3 is 5.97 Å². The van der Waals surface area contributed by atoms with Crippen LogP contribution in [-0.4, -0.2) is 29.9 Å². The van der Waals surface area contributed by atoms with E-state index >= 15 is 0 Å². The molecule has 24 heavy (non-hydrogen) atoms. The van der Waals surface area contributed by atoms with Gasteiger partial charge in [-0.2, -0.15) is 0 Å². The second-order valence-electron chi connectivity index (χ2n) is 4.90. The molecule has 0 radical (unpaired) electrons.